The smallest absolute Gasteiger partial charge is 0.0587 e. The van der Waals surface area contributed by atoms with E-state index in [0.717, 1.165) is 0 Å². The third kappa shape index (κ3) is 5.32. The van der Waals surface area contributed by atoms with E-state index in [2.05, 4.69) is 38.3 Å². The van der Waals surface area contributed by atoms with Crippen molar-refractivity contribution in [3.05, 3.63) is 29.3 Å². The molecule has 0 aliphatic heterocycles. The summed E-state index contributed by atoms with van der Waals surface area (Å²) in [6.45, 7) is 5.69. The number of hydrogen-bond acceptors (Lipinski definition) is 2. The van der Waals surface area contributed by atoms with Crippen molar-refractivity contribution in [3.8, 4) is 6.07 Å². The zero-order valence-corrected chi connectivity index (χ0v) is 9.40. The first-order valence-corrected chi connectivity index (χ1v) is 5.29. The van der Waals surface area contributed by atoms with Crippen LogP contribution in [0.1, 0.15) is 18.1 Å². The number of aryl methyl sites for hydroxylation is 2. The molecule has 0 saturated carbocycles. The molecule has 0 fully saturated rings. The quantitative estimate of drug-likeness (QED) is 0.637. The largest absolute Gasteiger partial charge is 0.199 e. The molecule has 1 aromatic rings. The van der Waals surface area contributed by atoms with E-state index in [1.807, 2.05) is 0 Å². The lowest BCUT2D eigenvalue weighted by atomic mass is 10.2. The van der Waals surface area contributed by atoms with Crippen LogP contribution < -0.4 is 0 Å². The molecule has 1 nitrogen and oxygen atoms in total. The molecule has 1 rings (SSSR count). The molecule has 0 heterocycles. The molecular weight excluding hydrogens is 178 g/mol. The Morgan fingerprint density at radius 1 is 1.15 bits per heavy atom. The molecule has 70 valence electrons. The predicted octanol–water partition coefficient (Wildman–Crippen LogP) is 3.56. The van der Waals surface area contributed by atoms with E-state index in [-0.39, 0.29) is 0 Å². The normalized spacial score (nSPS) is 8.23. The van der Waals surface area contributed by atoms with Gasteiger partial charge in [-0.3, -0.25) is 0 Å². The minimum Gasteiger partial charge on any atom is -0.199 e. The Hall–Kier alpha value is -0.940. The minimum absolute atomic E-state index is 1.35. The maximum atomic E-state index is 7.32. The predicted molar refractivity (Wildman–Crippen MR) is 59.0 cm³/mol. The van der Waals surface area contributed by atoms with Crippen molar-refractivity contribution in [3.63, 3.8) is 0 Å². The molecule has 2 heteroatoms. The first kappa shape index (κ1) is 12.1. The summed E-state index contributed by atoms with van der Waals surface area (Å²) in [6, 6.07) is 8.36. The van der Waals surface area contributed by atoms with E-state index < -0.39 is 0 Å². The van der Waals surface area contributed by atoms with Crippen molar-refractivity contribution >= 4 is 11.8 Å². The number of rotatable bonds is 1. The number of hydrogen-bond donors (Lipinski definition) is 0. The Labute approximate surface area is 84.8 Å². The Kier molecular flexibility index (Phi) is 6.09. The van der Waals surface area contributed by atoms with Crippen LogP contribution in [-0.2, 0) is 0 Å². The maximum absolute atomic E-state index is 7.32. The Morgan fingerprint density at radius 2 is 1.54 bits per heavy atom. The van der Waals surface area contributed by atoms with Crippen molar-refractivity contribution in [2.75, 3.05) is 6.26 Å². The summed E-state index contributed by atoms with van der Waals surface area (Å²) >= 11 is 1.80. The molecule has 0 atom stereocenters. The van der Waals surface area contributed by atoms with Gasteiger partial charge in [0, 0.05) is 11.8 Å². The van der Waals surface area contributed by atoms with E-state index in [4.69, 9.17) is 5.26 Å². The lowest BCUT2D eigenvalue weighted by Crippen LogP contribution is -1.77. The average Bonchev–Trinajstić information content (AvgIpc) is 2.04. The van der Waals surface area contributed by atoms with Crippen molar-refractivity contribution in [2.45, 2.75) is 25.7 Å². The summed E-state index contributed by atoms with van der Waals surface area (Å²) in [4.78, 5) is 1.36. The van der Waals surface area contributed by atoms with Crippen LogP contribution in [0.25, 0.3) is 0 Å². The summed E-state index contributed by atoms with van der Waals surface area (Å²) in [5.74, 6) is 0. The van der Waals surface area contributed by atoms with Gasteiger partial charge in [0.25, 0.3) is 0 Å². The molecular formula is C11H15NS. The van der Waals surface area contributed by atoms with Gasteiger partial charge in [0.2, 0.25) is 0 Å². The van der Waals surface area contributed by atoms with Crippen molar-refractivity contribution in [2.24, 2.45) is 0 Å². The van der Waals surface area contributed by atoms with E-state index in [1.54, 1.807) is 17.8 Å². The highest BCUT2D eigenvalue weighted by molar-refractivity contribution is 7.98. The van der Waals surface area contributed by atoms with Crippen LogP contribution in [0.3, 0.4) is 0 Å². The van der Waals surface area contributed by atoms with Crippen molar-refractivity contribution < 1.29 is 0 Å². The van der Waals surface area contributed by atoms with Gasteiger partial charge in [0.1, 0.15) is 0 Å². The second-order valence-corrected chi connectivity index (χ2v) is 3.63. The number of thioether (sulfide) groups is 1. The Balaban J connectivity index is 0.000000424. The van der Waals surface area contributed by atoms with Crippen LogP contribution in [0.2, 0.25) is 0 Å². The van der Waals surface area contributed by atoms with E-state index in [1.165, 1.54) is 22.9 Å². The van der Waals surface area contributed by atoms with Gasteiger partial charge in [-0.25, -0.2) is 0 Å². The molecule has 0 aliphatic carbocycles. The van der Waals surface area contributed by atoms with Gasteiger partial charge in [0.05, 0.1) is 6.07 Å². The molecule has 0 N–H and O–H groups in total. The van der Waals surface area contributed by atoms with Crippen molar-refractivity contribution in [1.29, 1.82) is 5.26 Å². The molecule has 0 spiro atoms. The van der Waals surface area contributed by atoms with Gasteiger partial charge in [-0.15, -0.1) is 11.8 Å². The fourth-order valence-corrected chi connectivity index (χ4v) is 1.66. The number of benzene rings is 1. The number of nitrogens with zero attached hydrogens (tertiary/aromatic N) is 1. The highest BCUT2D eigenvalue weighted by Crippen LogP contribution is 2.17. The molecule has 0 amide bonds. The van der Waals surface area contributed by atoms with Crippen LogP contribution in [0.5, 0.6) is 0 Å². The van der Waals surface area contributed by atoms with Gasteiger partial charge in [-0.05, 0) is 43.4 Å². The molecule has 0 unspecified atom stereocenters. The Morgan fingerprint density at radius 3 is 1.85 bits per heavy atom. The SMILES string of the molecule is CC#N.CSc1cc(C)cc(C)c1. The monoisotopic (exact) mass is 193 g/mol. The first-order valence-electron chi connectivity index (χ1n) is 4.07. The van der Waals surface area contributed by atoms with E-state index in [9.17, 15) is 0 Å². The number of nitriles is 1. The fourth-order valence-electron chi connectivity index (χ4n) is 1.05. The summed E-state index contributed by atoms with van der Waals surface area (Å²) in [5, 5.41) is 7.32. The standard InChI is InChI=1S/C9H12S.C2H3N/c1-7-4-8(2)6-9(5-7)10-3;1-2-3/h4-6H,1-3H3;1H3. The second kappa shape index (κ2) is 6.56. The Bertz CT molecular complexity index is 279. The lowest BCUT2D eigenvalue weighted by Gasteiger charge is -1.99. The van der Waals surface area contributed by atoms with Crippen LogP contribution in [0.4, 0.5) is 0 Å². The zero-order chi connectivity index (χ0) is 10.3. The summed E-state index contributed by atoms with van der Waals surface area (Å²) in [6.07, 6.45) is 2.11. The average molecular weight is 193 g/mol. The minimum atomic E-state index is 1.35. The molecule has 0 aromatic heterocycles. The van der Waals surface area contributed by atoms with Gasteiger partial charge < -0.3 is 0 Å². The highest BCUT2D eigenvalue weighted by atomic mass is 32.2. The third-order valence-electron chi connectivity index (χ3n) is 1.43. The first-order chi connectivity index (χ1) is 6.13. The summed E-state index contributed by atoms with van der Waals surface area (Å²) < 4.78 is 0. The van der Waals surface area contributed by atoms with Gasteiger partial charge in [-0.1, -0.05) is 6.07 Å². The molecule has 0 bridgehead atoms. The van der Waals surface area contributed by atoms with E-state index >= 15 is 0 Å². The van der Waals surface area contributed by atoms with E-state index in [0.29, 0.717) is 0 Å². The fraction of sp³-hybridized carbons (Fsp3) is 0.364. The summed E-state index contributed by atoms with van der Waals surface area (Å²) in [5.41, 5.74) is 2.70. The molecule has 0 radical (unpaired) electrons. The summed E-state index contributed by atoms with van der Waals surface area (Å²) in [7, 11) is 0. The second-order valence-electron chi connectivity index (χ2n) is 2.75. The van der Waals surface area contributed by atoms with Gasteiger partial charge in [0.15, 0.2) is 0 Å². The molecule has 0 aliphatic rings. The molecule has 1 aromatic carbocycles. The third-order valence-corrected chi connectivity index (χ3v) is 2.14. The lowest BCUT2D eigenvalue weighted by molar-refractivity contribution is 1.30. The molecule has 0 saturated heterocycles. The highest BCUT2D eigenvalue weighted by Gasteiger charge is 1.91. The molecule has 13 heavy (non-hydrogen) atoms. The van der Waals surface area contributed by atoms with Crippen LogP contribution >= 0.6 is 11.8 Å². The van der Waals surface area contributed by atoms with Gasteiger partial charge >= 0.3 is 0 Å². The topological polar surface area (TPSA) is 23.8 Å². The van der Waals surface area contributed by atoms with Crippen LogP contribution in [0, 0.1) is 25.2 Å². The zero-order valence-electron chi connectivity index (χ0n) is 8.59. The van der Waals surface area contributed by atoms with Crippen molar-refractivity contribution in [1.82, 2.24) is 0 Å². The van der Waals surface area contributed by atoms with Crippen LogP contribution in [-0.4, -0.2) is 6.26 Å². The van der Waals surface area contributed by atoms with Crippen LogP contribution in [0.15, 0.2) is 23.1 Å². The maximum Gasteiger partial charge on any atom is 0.0587 e. The van der Waals surface area contributed by atoms with Gasteiger partial charge in [-0.2, -0.15) is 5.26 Å².